The molecule has 4 rings (SSSR count). The number of aromatic nitrogens is 4. The van der Waals surface area contributed by atoms with Gasteiger partial charge in [-0.1, -0.05) is 12.1 Å². The number of aromatic hydroxyl groups is 1. The van der Waals surface area contributed by atoms with Gasteiger partial charge >= 0.3 is 6.01 Å². The fourth-order valence-electron chi connectivity index (χ4n) is 3.20. The third-order valence-corrected chi connectivity index (χ3v) is 4.62. The predicted octanol–water partition coefficient (Wildman–Crippen LogP) is 1.13. The third kappa shape index (κ3) is 3.52. The fraction of sp³-hybridized carbons (Fsp3) is 0.222. The van der Waals surface area contributed by atoms with E-state index in [0.29, 0.717) is 5.82 Å². The van der Waals surface area contributed by atoms with Crippen LogP contribution in [0.15, 0.2) is 42.9 Å². The summed E-state index contributed by atoms with van der Waals surface area (Å²) in [7, 11) is 0. The van der Waals surface area contributed by atoms with Crippen LogP contribution in [0.5, 0.6) is 6.01 Å². The average Bonchev–Trinajstić information content (AvgIpc) is 2.69. The number of nitrogens with two attached hydrogens (primary N) is 2. The Kier molecular flexibility index (Phi) is 4.33. The minimum Gasteiger partial charge on any atom is -0.479 e. The largest absolute Gasteiger partial charge is 0.479 e. The van der Waals surface area contributed by atoms with Crippen LogP contribution >= 0.6 is 0 Å². The Morgan fingerprint density at radius 2 is 1.56 bits per heavy atom. The van der Waals surface area contributed by atoms with E-state index in [1.807, 2.05) is 12.1 Å². The van der Waals surface area contributed by atoms with E-state index < -0.39 is 0 Å². The number of anilines is 4. The van der Waals surface area contributed by atoms with Crippen LogP contribution in [0.4, 0.5) is 23.1 Å². The standard InChI is InChI=1S/C18H20N8O/c19-16-15(11-21-17(20)24-16)26-6-4-25(5-7-26)14-3-1-2-12(8-14)13-9-22-18(27)23-10-13/h1-3,8-11H,4-7H2,(H,22,23,27)(H4,19,20,21,24). The SMILES string of the molecule is Nc1ncc(N2CCN(c3cccc(-c4cnc(O)nc4)c3)CC2)c(N)n1. The Bertz CT molecular complexity index is 938. The normalized spacial score (nSPS) is 14.4. The molecule has 1 fully saturated rings. The maximum absolute atomic E-state index is 9.26. The van der Waals surface area contributed by atoms with Crippen LogP contribution in [-0.4, -0.2) is 51.2 Å². The van der Waals surface area contributed by atoms with E-state index in [4.69, 9.17) is 11.5 Å². The molecule has 0 bridgehead atoms. The second-order valence-electron chi connectivity index (χ2n) is 6.29. The summed E-state index contributed by atoms with van der Waals surface area (Å²) in [4.78, 5) is 20.3. The molecule has 0 aliphatic carbocycles. The van der Waals surface area contributed by atoms with Crippen molar-refractivity contribution in [1.29, 1.82) is 0 Å². The van der Waals surface area contributed by atoms with Crippen LogP contribution in [0.25, 0.3) is 11.1 Å². The molecular formula is C18H20N8O. The molecule has 0 unspecified atom stereocenters. The Hall–Kier alpha value is -3.62. The molecule has 1 aliphatic rings. The summed E-state index contributed by atoms with van der Waals surface area (Å²) in [6, 6.07) is 7.97. The quantitative estimate of drug-likeness (QED) is 0.626. The highest BCUT2D eigenvalue weighted by Gasteiger charge is 2.20. The van der Waals surface area contributed by atoms with Crippen molar-refractivity contribution in [2.75, 3.05) is 47.4 Å². The van der Waals surface area contributed by atoms with Crippen molar-refractivity contribution in [2.24, 2.45) is 0 Å². The highest BCUT2D eigenvalue weighted by molar-refractivity contribution is 5.68. The van der Waals surface area contributed by atoms with E-state index >= 15 is 0 Å². The van der Waals surface area contributed by atoms with E-state index in [0.717, 1.165) is 48.7 Å². The van der Waals surface area contributed by atoms with Gasteiger partial charge in [0.25, 0.3) is 0 Å². The van der Waals surface area contributed by atoms with Gasteiger partial charge in [0.05, 0.1) is 11.9 Å². The summed E-state index contributed by atoms with van der Waals surface area (Å²) in [5.74, 6) is 0.593. The smallest absolute Gasteiger partial charge is 0.313 e. The van der Waals surface area contributed by atoms with Gasteiger partial charge in [-0.05, 0) is 17.7 Å². The van der Waals surface area contributed by atoms with Crippen molar-refractivity contribution >= 4 is 23.1 Å². The van der Waals surface area contributed by atoms with E-state index in [-0.39, 0.29) is 12.0 Å². The van der Waals surface area contributed by atoms with Crippen LogP contribution in [0.1, 0.15) is 0 Å². The van der Waals surface area contributed by atoms with E-state index in [9.17, 15) is 5.11 Å². The minimum atomic E-state index is -0.225. The lowest BCUT2D eigenvalue weighted by Gasteiger charge is -2.37. The molecule has 1 aromatic carbocycles. The molecule has 138 valence electrons. The second kappa shape index (κ2) is 6.94. The maximum atomic E-state index is 9.26. The van der Waals surface area contributed by atoms with E-state index in [1.54, 1.807) is 18.6 Å². The zero-order valence-corrected chi connectivity index (χ0v) is 14.7. The molecule has 0 amide bonds. The fourth-order valence-corrected chi connectivity index (χ4v) is 3.20. The average molecular weight is 364 g/mol. The van der Waals surface area contributed by atoms with Gasteiger partial charge in [0.1, 0.15) is 0 Å². The van der Waals surface area contributed by atoms with Gasteiger partial charge in [-0.25, -0.2) is 15.0 Å². The lowest BCUT2D eigenvalue weighted by molar-refractivity contribution is 0.430. The monoisotopic (exact) mass is 364 g/mol. The highest BCUT2D eigenvalue weighted by Crippen LogP contribution is 2.27. The summed E-state index contributed by atoms with van der Waals surface area (Å²) in [5.41, 5.74) is 15.4. The molecule has 0 saturated carbocycles. The maximum Gasteiger partial charge on any atom is 0.313 e. The summed E-state index contributed by atoms with van der Waals surface area (Å²) in [5, 5.41) is 9.26. The van der Waals surface area contributed by atoms with Crippen LogP contribution in [0.2, 0.25) is 0 Å². The van der Waals surface area contributed by atoms with E-state index in [2.05, 4.69) is 41.9 Å². The van der Waals surface area contributed by atoms with Crippen molar-refractivity contribution in [1.82, 2.24) is 19.9 Å². The lowest BCUT2D eigenvalue weighted by Crippen LogP contribution is -2.46. The summed E-state index contributed by atoms with van der Waals surface area (Å²) < 4.78 is 0. The van der Waals surface area contributed by atoms with Crippen molar-refractivity contribution in [3.63, 3.8) is 0 Å². The molecule has 0 spiro atoms. The van der Waals surface area contributed by atoms with Gasteiger partial charge < -0.3 is 26.4 Å². The molecule has 9 nitrogen and oxygen atoms in total. The number of nitrogen functional groups attached to an aromatic ring is 2. The van der Waals surface area contributed by atoms with Gasteiger partial charge in [0.15, 0.2) is 5.82 Å². The number of piperazine rings is 1. The summed E-state index contributed by atoms with van der Waals surface area (Å²) in [6.45, 7) is 3.31. The molecule has 3 heterocycles. The first-order valence-electron chi connectivity index (χ1n) is 8.59. The first-order chi connectivity index (χ1) is 13.1. The number of hydrogen-bond donors (Lipinski definition) is 3. The number of nitrogens with zero attached hydrogens (tertiary/aromatic N) is 6. The van der Waals surface area contributed by atoms with Gasteiger partial charge in [0.2, 0.25) is 5.95 Å². The Morgan fingerprint density at radius 1 is 0.852 bits per heavy atom. The molecule has 2 aromatic heterocycles. The highest BCUT2D eigenvalue weighted by atomic mass is 16.3. The van der Waals surface area contributed by atoms with Gasteiger partial charge in [-0.3, -0.25) is 0 Å². The molecule has 3 aromatic rings. The predicted molar refractivity (Wildman–Crippen MR) is 104 cm³/mol. The Labute approximate surface area is 156 Å². The molecular weight excluding hydrogens is 344 g/mol. The number of benzene rings is 1. The zero-order valence-electron chi connectivity index (χ0n) is 14.7. The Morgan fingerprint density at radius 3 is 2.26 bits per heavy atom. The van der Waals surface area contributed by atoms with Gasteiger partial charge in [-0.2, -0.15) is 4.98 Å². The van der Waals surface area contributed by atoms with Crippen LogP contribution in [0, 0.1) is 0 Å². The van der Waals surface area contributed by atoms with Gasteiger partial charge in [0, 0.05) is 49.8 Å². The summed E-state index contributed by atoms with van der Waals surface area (Å²) >= 11 is 0. The molecule has 9 heteroatoms. The first-order valence-corrected chi connectivity index (χ1v) is 8.59. The molecule has 5 N–H and O–H groups in total. The lowest BCUT2D eigenvalue weighted by atomic mass is 10.1. The molecule has 27 heavy (non-hydrogen) atoms. The zero-order chi connectivity index (χ0) is 18.8. The topological polar surface area (TPSA) is 130 Å². The Balaban J connectivity index is 1.48. The number of hydrogen-bond acceptors (Lipinski definition) is 9. The van der Waals surface area contributed by atoms with Gasteiger partial charge in [-0.15, -0.1) is 0 Å². The van der Waals surface area contributed by atoms with E-state index in [1.165, 1.54) is 0 Å². The van der Waals surface area contributed by atoms with Crippen molar-refractivity contribution in [3.05, 3.63) is 42.9 Å². The molecule has 1 aliphatic heterocycles. The summed E-state index contributed by atoms with van der Waals surface area (Å²) in [6.07, 6.45) is 4.91. The third-order valence-electron chi connectivity index (χ3n) is 4.62. The minimum absolute atomic E-state index is 0.185. The van der Waals surface area contributed by atoms with Crippen LogP contribution < -0.4 is 21.3 Å². The molecule has 0 radical (unpaired) electrons. The first kappa shape index (κ1) is 16.8. The molecule has 1 saturated heterocycles. The van der Waals surface area contributed by atoms with Crippen molar-refractivity contribution < 1.29 is 5.11 Å². The van der Waals surface area contributed by atoms with Crippen molar-refractivity contribution in [3.8, 4) is 17.1 Å². The van der Waals surface area contributed by atoms with Crippen LogP contribution in [0.3, 0.4) is 0 Å². The second-order valence-corrected chi connectivity index (χ2v) is 6.29. The number of rotatable bonds is 3. The van der Waals surface area contributed by atoms with Crippen molar-refractivity contribution in [2.45, 2.75) is 0 Å². The molecule has 0 atom stereocenters. The van der Waals surface area contributed by atoms with Crippen LogP contribution in [-0.2, 0) is 0 Å².